The number of rotatable bonds is 7. The van der Waals surface area contributed by atoms with Crippen LogP contribution in [0.4, 0.5) is 5.69 Å². The van der Waals surface area contributed by atoms with Gasteiger partial charge >= 0.3 is 5.97 Å². The maximum absolute atomic E-state index is 14.0. The van der Waals surface area contributed by atoms with Crippen molar-refractivity contribution in [3.63, 3.8) is 0 Å². The summed E-state index contributed by atoms with van der Waals surface area (Å²) in [4.78, 5) is 39.1. The van der Waals surface area contributed by atoms with Gasteiger partial charge in [0.15, 0.2) is 17.3 Å². The summed E-state index contributed by atoms with van der Waals surface area (Å²) >= 11 is 0. The number of ether oxygens (including phenoxy) is 3. The van der Waals surface area contributed by atoms with E-state index in [4.69, 9.17) is 14.2 Å². The van der Waals surface area contributed by atoms with Gasteiger partial charge in [-0.3, -0.25) is 14.9 Å². The van der Waals surface area contributed by atoms with Gasteiger partial charge in [0.1, 0.15) is 6.10 Å². The molecule has 0 aromatic heterocycles. The molecule has 1 N–H and O–H groups in total. The van der Waals surface area contributed by atoms with E-state index in [2.05, 4.69) is 5.32 Å². The molecule has 5 rings (SSSR count). The Kier molecular flexibility index (Phi) is 8.15. The van der Waals surface area contributed by atoms with Crippen molar-refractivity contribution in [2.45, 2.75) is 76.7 Å². The van der Waals surface area contributed by atoms with Gasteiger partial charge in [-0.25, -0.2) is 4.79 Å². The molecule has 41 heavy (non-hydrogen) atoms. The Morgan fingerprint density at radius 1 is 0.951 bits per heavy atom. The number of hydrogen-bond acceptors (Lipinski definition) is 8. The first kappa shape index (κ1) is 28.4. The minimum atomic E-state index is -0.763. The molecule has 1 heterocycles. The van der Waals surface area contributed by atoms with Gasteiger partial charge in [0, 0.05) is 40.9 Å². The van der Waals surface area contributed by atoms with Gasteiger partial charge in [-0.05, 0) is 75.1 Å². The lowest BCUT2D eigenvalue weighted by Gasteiger charge is -2.37. The number of hydrogen-bond donors (Lipinski definition) is 1. The summed E-state index contributed by atoms with van der Waals surface area (Å²) in [5, 5.41) is 15.2. The van der Waals surface area contributed by atoms with Gasteiger partial charge in [0.2, 0.25) is 0 Å². The predicted octanol–water partition coefficient (Wildman–Crippen LogP) is 6.16. The van der Waals surface area contributed by atoms with E-state index in [1.165, 1.54) is 6.07 Å². The Balaban J connectivity index is 1.56. The monoisotopic (exact) mass is 560 g/mol. The standard InChI is InChI=1S/C32H36N2O7/c1-18-10-11-21(15-25(18)34(37)38)30-29(32(36)41-23-8-6-5-7-9-23)19(2)33-24-14-22(16-26(35)31(24)30)20-12-13-27(39-3)28(17-20)40-4/h10-13,15,17,22-23,30,33H,5-9,14,16H2,1-4H3/t22-,30-/m1/s1. The van der Waals surface area contributed by atoms with Gasteiger partial charge in [0.05, 0.1) is 24.7 Å². The number of carbonyl (C=O) groups excluding carboxylic acids is 2. The number of nitrogens with one attached hydrogen (secondary N) is 1. The van der Waals surface area contributed by atoms with Gasteiger partial charge in [-0.2, -0.15) is 0 Å². The van der Waals surface area contributed by atoms with Crippen LogP contribution in [0, 0.1) is 17.0 Å². The second-order valence-corrected chi connectivity index (χ2v) is 11.1. The van der Waals surface area contributed by atoms with Gasteiger partial charge < -0.3 is 19.5 Å². The van der Waals surface area contributed by atoms with Crippen LogP contribution in [0.2, 0.25) is 0 Å². The van der Waals surface area contributed by atoms with Crippen LogP contribution >= 0.6 is 0 Å². The molecule has 3 aliphatic rings. The SMILES string of the molecule is COc1ccc([C@H]2CC(=O)C3=C(C2)NC(C)=C(C(=O)OC2CCCCC2)[C@H]3c2ccc(C)c([N+](=O)[O-])c2)cc1OC. The average molecular weight is 561 g/mol. The molecule has 1 saturated carbocycles. The van der Waals surface area contributed by atoms with E-state index >= 15 is 0 Å². The molecular formula is C32H36N2O7. The van der Waals surface area contributed by atoms with E-state index in [1.807, 2.05) is 18.2 Å². The van der Waals surface area contributed by atoms with E-state index in [1.54, 1.807) is 40.2 Å². The van der Waals surface area contributed by atoms with Crippen molar-refractivity contribution in [1.29, 1.82) is 0 Å². The number of allylic oxidation sites excluding steroid dienone is 3. The topological polar surface area (TPSA) is 117 Å². The lowest BCUT2D eigenvalue weighted by molar-refractivity contribution is -0.385. The number of nitrogens with zero attached hydrogens (tertiary/aromatic N) is 1. The summed E-state index contributed by atoms with van der Waals surface area (Å²) in [7, 11) is 3.15. The number of ketones is 1. The van der Waals surface area contributed by atoms with Gasteiger partial charge in [-0.1, -0.05) is 24.6 Å². The van der Waals surface area contributed by atoms with Crippen molar-refractivity contribution in [1.82, 2.24) is 5.32 Å². The Bertz CT molecular complexity index is 1450. The van der Waals surface area contributed by atoms with Crippen LogP contribution in [0.1, 0.15) is 80.4 Å². The number of aryl methyl sites for hydroxylation is 1. The van der Waals surface area contributed by atoms with Gasteiger partial charge in [0.25, 0.3) is 5.69 Å². The van der Waals surface area contributed by atoms with E-state index in [0.29, 0.717) is 45.9 Å². The fourth-order valence-electron chi connectivity index (χ4n) is 6.39. The summed E-state index contributed by atoms with van der Waals surface area (Å²) in [6.45, 7) is 3.48. The van der Waals surface area contributed by atoms with Gasteiger partial charge in [-0.15, -0.1) is 0 Å². The third-order valence-electron chi connectivity index (χ3n) is 8.52. The molecule has 0 unspecified atom stereocenters. The molecule has 2 aromatic carbocycles. The second-order valence-electron chi connectivity index (χ2n) is 11.1. The fraction of sp³-hybridized carbons (Fsp3) is 0.438. The first-order valence-electron chi connectivity index (χ1n) is 14.1. The summed E-state index contributed by atoms with van der Waals surface area (Å²) in [5.41, 5.74) is 4.07. The number of dihydropyridines is 1. The van der Waals surface area contributed by atoms with E-state index in [9.17, 15) is 19.7 Å². The zero-order valence-electron chi connectivity index (χ0n) is 24.0. The first-order valence-corrected chi connectivity index (χ1v) is 14.1. The van der Waals surface area contributed by atoms with E-state index in [-0.39, 0.29) is 29.9 Å². The molecule has 2 aliphatic carbocycles. The molecule has 0 spiro atoms. The maximum atomic E-state index is 14.0. The minimum absolute atomic E-state index is 0.0488. The lowest BCUT2D eigenvalue weighted by Crippen LogP contribution is -2.37. The zero-order valence-corrected chi connectivity index (χ0v) is 24.0. The molecule has 1 fully saturated rings. The van der Waals surface area contributed by atoms with Crippen LogP contribution in [-0.2, 0) is 14.3 Å². The molecule has 2 aromatic rings. The Labute approximate surface area is 239 Å². The minimum Gasteiger partial charge on any atom is -0.493 e. The second kappa shape index (κ2) is 11.8. The van der Waals surface area contributed by atoms with Crippen LogP contribution in [0.5, 0.6) is 11.5 Å². The maximum Gasteiger partial charge on any atom is 0.337 e. The normalized spacial score (nSPS) is 21.2. The summed E-state index contributed by atoms with van der Waals surface area (Å²) in [5.74, 6) is -0.276. The van der Waals surface area contributed by atoms with Crippen molar-refractivity contribution in [3.05, 3.63) is 85.7 Å². The molecule has 9 nitrogen and oxygen atoms in total. The highest BCUT2D eigenvalue weighted by atomic mass is 16.6. The Morgan fingerprint density at radius 3 is 2.34 bits per heavy atom. The number of nitro benzene ring substituents is 1. The molecule has 0 bridgehead atoms. The summed E-state index contributed by atoms with van der Waals surface area (Å²) < 4.78 is 16.8. The third kappa shape index (κ3) is 5.58. The number of Topliss-reactive ketones (excluding diaryl/α,β-unsaturated/α-hetero) is 1. The molecule has 0 amide bonds. The first-order chi connectivity index (χ1) is 19.7. The van der Waals surface area contributed by atoms with E-state index in [0.717, 1.165) is 43.4 Å². The van der Waals surface area contributed by atoms with Crippen molar-refractivity contribution in [2.75, 3.05) is 14.2 Å². The fourth-order valence-corrected chi connectivity index (χ4v) is 6.39. The molecule has 0 radical (unpaired) electrons. The molecule has 216 valence electrons. The smallest absolute Gasteiger partial charge is 0.337 e. The summed E-state index contributed by atoms with van der Waals surface area (Å²) in [6, 6.07) is 10.6. The molecule has 2 atom stereocenters. The van der Waals surface area contributed by atoms with Crippen LogP contribution in [0.3, 0.4) is 0 Å². The number of benzene rings is 2. The molecular weight excluding hydrogens is 524 g/mol. The highest BCUT2D eigenvalue weighted by Gasteiger charge is 2.42. The number of carbonyl (C=O) groups is 2. The van der Waals surface area contributed by atoms with Crippen LogP contribution in [0.25, 0.3) is 0 Å². The highest BCUT2D eigenvalue weighted by Crippen LogP contribution is 2.47. The molecule has 0 saturated heterocycles. The molecule has 1 aliphatic heterocycles. The Morgan fingerprint density at radius 2 is 1.66 bits per heavy atom. The van der Waals surface area contributed by atoms with Crippen molar-refractivity contribution in [2.24, 2.45) is 0 Å². The largest absolute Gasteiger partial charge is 0.493 e. The summed E-state index contributed by atoms with van der Waals surface area (Å²) in [6.07, 6.45) is 5.35. The number of methoxy groups -OCH3 is 2. The van der Waals surface area contributed by atoms with Crippen molar-refractivity contribution < 1.29 is 28.7 Å². The number of esters is 1. The van der Waals surface area contributed by atoms with Crippen LogP contribution in [0.15, 0.2) is 58.9 Å². The van der Waals surface area contributed by atoms with E-state index < -0.39 is 16.8 Å². The lowest BCUT2D eigenvalue weighted by atomic mass is 9.71. The quantitative estimate of drug-likeness (QED) is 0.243. The zero-order chi connectivity index (χ0) is 29.3. The van der Waals surface area contributed by atoms with Crippen LogP contribution in [-0.4, -0.2) is 37.0 Å². The highest BCUT2D eigenvalue weighted by molar-refractivity contribution is 6.04. The average Bonchev–Trinajstić information content (AvgIpc) is 2.96. The predicted molar refractivity (Wildman–Crippen MR) is 153 cm³/mol. The van der Waals surface area contributed by atoms with Crippen molar-refractivity contribution in [3.8, 4) is 11.5 Å². The Hall–Kier alpha value is -4.14. The third-order valence-corrected chi connectivity index (χ3v) is 8.52. The molecule has 9 heteroatoms. The van der Waals surface area contributed by atoms with Crippen molar-refractivity contribution >= 4 is 17.4 Å². The van der Waals surface area contributed by atoms with Crippen LogP contribution < -0.4 is 14.8 Å². The number of nitro groups is 1.